The van der Waals surface area contributed by atoms with Crippen molar-refractivity contribution >= 4 is 0 Å². The molecule has 0 radical (unpaired) electrons. The fourth-order valence-electron chi connectivity index (χ4n) is 2.28. The van der Waals surface area contributed by atoms with Gasteiger partial charge in [-0.2, -0.15) is 5.06 Å². The van der Waals surface area contributed by atoms with E-state index in [2.05, 4.69) is 41.5 Å². The van der Waals surface area contributed by atoms with Gasteiger partial charge in [-0.1, -0.05) is 42.5 Å². The number of hydrogen-bond acceptors (Lipinski definition) is 2. The maximum absolute atomic E-state index is 5.84. The molecule has 1 aromatic rings. The fraction of sp³-hybridized carbons (Fsp3) is 0.385. The molecular formula is C13H15NO. The van der Waals surface area contributed by atoms with Crippen LogP contribution in [-0.2, 0) is 11.4 Å². The minimum absolute atomic E-state index is 0.318. The molecule has 0 saturated carbocycles. The van der Waals surface area contributed by atoms with Gasteiger partial charge in [-0.25, -0.2) is 0 Å². The molecular weight excluding hydrogens is 186 g/mol. The number of hydroxylamine groups is 2. The van der Waals surface area contributed by atoms with Gasteiger partial charge >= 0.3 is 0 Å². The van der Waals surface area contributed by atoms with Crippen LogP contribution in [0, 0.1) is 0 Å². The first kappa shape index (κ1) is 9.13. The fourth-order valence-corrected chi connectivity index (χ4v) is 2.28. The maximum Gasteiger partial charge on any atom is 0.0975 e. The number of hydrogen-bond donors (Lipinski definition) is 0. The highest BCUT2D eigenvalue weighted by Crippen LogP contribution is 2.28. The SMILES string of the molecule is C1=CC2CCC1ON2Cc1ccccc1. The van der Waals surface area contributed by atoms with E-state index < -0.39 is 0 Å². The molecule has 0 amide bonds. The molecule has 2 heteroatoms. The van der Waals surface area contributed by atoms with Crippen molar-refractivity contribution in [3.63, 3.8) is 0 Å². The summed E-state index contributed by atoms with van der Waals surface area (Å²) in [6.45, 7) is 0.895. The van der Waals surface area contributed by atoms with E-state index in [1.54, 1.807) is 0 Å². The van der Waals surface area contributed by atoms with Crippen molar-refractivity contribution in [2.45, 2.75) is 31.5 Å². The van der Waals surface area contributed by atoms with E-state index in [1.807, 2.05) is 6.07 Å². The number of nitrogens with zero attached hydrogens (tertiary/aromatic N) is 1. The predicted octanol–water partition coefficient (Wildman–Crippen LogP) is 2.52. The summed E-state index contributed by atoms with van der Waals surface area (Å²) in [7, 11) is 0. The molecule has 1 aromatic carbocycles. The van der Waals surface area contributed by atoms with Gasteiger partial charge in [-0.3, -0.25) is 4.84 Å². The van der Waals surface area contributed by atoms with Crippen LogP contribution in [0.5, 0.6) is 0 Å². The Morgan fingerprint density at radius 3 is 2.60 bits per heavy atom. The van der Waals surface area contributed by atoms with Crippen LogP contribution in [0.25, 0.3) is 0 Å². The van der Waals surface area contributed by atoms with Gasteiger partial charge in [0.2, 0.25) is 0 Å². The van der Waals surface area contributed by atoms with Crippen LogP contribution in [0.1, 0.15) is 18.4 Å². The van der Waals surface area contributed by atoms with Gasteiger partial charge < -0.3 is 0 Å². The summed E-state index contributed by atoms with van der Waals surface area (Å²) < 4.78 is 0. The largest absolute Gasteiger partial charge is 0.291 e. The topological polar surface area (TPSA) is 12.5 Å². The Labute approximate surface area is 90.1 Å². The monoisotopic (exact) mass is 201 g/mol. The number of fused-ring (bicyclic) bond motifs is 2. The standard InChI is InChI=1S/C13H15NO/c1-2-4-11(5-3-1)10-14-12-6-8-13(15-14)9-7-12/h1-6,8,12-13H,7,9-10H2. The van der Waals surface area contributed by atoms with Crippen molar-refractivity contribution in [3.05, 3.63) is 48.0 Å². The Balaban J connectivity index is 1.72. The normalized spacial score (nSPS) is 29.6. The summed E-state index contributed by atoms with van der Waals surface area (Å²) in [6.07, 6.45) is 7.19. The maximum atomic E-state index is 5.84. The molecule has 1 fully saturated rings. The minimum Gasteiger partial charge on any atom is -0.291 e. The van der Waals surface area contributed by atoms with Crippen LogP contribution in [0.3, 0.4) is 0 Å². The van der Waals surface area contributed by atoms with E-state index >= 15 is 0 Å². The highest BCUT2D eigenvalue weighted by atomic mass is 16.7. The third-order valence-corrected chi connectivity index (χ3v) is 3.12. The van der Waals surface area contributed by atoms with Crippen molar-refractivity contribution in [1.82, 2.24) is 5.06 Å². The molecule has 2 heterocycles. The Morgan fingerprint density at radius 1 is 1.13 bits per heavy atom. The van der Waals surface area contributed by atoms with Gasteiger partial charge in [0.05, 0.1) is 12.1 Å². The molecule has 2 bridgehead atoms. The molecule has 0 spiro atoms. The first-order valence-corrected chi connectivity index (χ1v) is 5.57. The molecule has 2 nitrogen and oxygen atoms in total. The molecule has 15 heavy (non-hydrogen) atoms. The van der Waals surface area contributed by atoms with Crippen molar-refractivity contribution in [3.8, 4) is 0 Å². The molecule has 0 aromatic heterocycles. The summed E-state index contributed by atoms with van der Waals surface area (Å²) in [5, 5.41) is 2.11. The number of benzene rings is 1. The van der Waals surface area contributed by atoms with E-state index in [4.69, 9.17) is 4.84 Å². The van der Waals surface area contributed by atoms with Gasteiger partial charge in [-0.15, -0.1) is 0 Å². The quantitative estimate of drug-likeness (QED) is 0.682. The summed E-state index contributed by atoms with van der Waals surface area (Å²) in [6, 6.07) is 11.0. The van der Waals surface area contributed by atoms with Crippen LogP contribution in [0.15, 0.2) is 42.5 Å². The van der Waals surface area contributed by atoms with E-state index in [-0.39, 0.29) is 0 Å². The second-order valence-corrected chi connectivity index (χ2v) is 4.23. The van der Waals surface area contributed by atoms with Gasteiger partial charge in [0, 0.05) is 6.54 Å². The van der Waals surface area contributed by atoms with Crippen LogP contribution < -0.4 is 0 Å². The lowest BCUT2D eigenvalue weighted by Gasteiger charge is -2.40. The third kappa shape index (κ3) is 1.83. The van der Waals surface area contributed by atoms with E-state index in [0.717, 1.165) is 6.54 Å². The first-order chi connectivity index (χ1) is 7.42. The first-order valence-electron chi connectivity index (χ1n) is 5.57. The Bertz CT molecular complexity index is 360. The van der Waals surface area contributed by atoms with Crippen molar-refractivity contribution in [2.24, 2.45) is 0 Å². The van der Waals surface area contributed by atoms with Crippen LogP contribution in [-0.4, -0.2) is 17.2 Å². The van der Waals surface area contributed by atoms with Gasteiger partial charge in [0.15, 0.2) is 0 Å². The third-order valence-electron chi connectivity index (χ3n) is 3.12. The van der Waals surface area contributed by atoms with Crippen LogP contribution in [0.2, 0.25) is 0 Å². The molecule has 2 unspecified atom stereocenters. The Hall–Kier alpha value is -1.12. The highest BCUT2D eigenvalue weighted by Gasteiger charge is 2.30. The zero-order valence-corrected chi connectivity index (χ0v) is 8.67. The Kier molecular flexibility index (Phi) is 2.31. The molecule has 2 atom stereocenters. The molecule has 2 aliphatic heterocycles. The van der Waals surface area contributed by atoms with E-state index in [9.17, 15) is 0 Å². The highest BCUT2D eigenvalue weighted by molar-refractivity contribution is 5.15. The van der Waals surface area contributed by atoms with Crippen molar-refractivity contribution in [2.75, 3.05) is 0 Å². The van der Waals surface area contributed by atoms with Gasteiger partial charge in [0.1, 0.15) is 0 Å². The average molecular weight is 201 g/mol. The Morgan fingerprint density at radius 2 is 2.00 bits per heavy atom. The molecule has 0 N–H and O–H groups in total. The average Bonchev–Trinajstić information content (AvgIpc) is 2.32. The predicted molar refractivity (Wildman–Crippen MR) is 59.0 cm³/mol. The van der Waals surface area contributed by atoms with Crippen LogP contribution >= 0.6 is 0 Å². The lowest BCUT2D eigenvalue weighted by Crippen LogP contribution is -2.44. The van der Waals surface area contributed by atoms with Gasteiger partial charge in [0.25, 0.3) is 0 Å². The van der Waals surface area contributed by atoms with Gasteiger partial charge in [-0.05, 0) is 18.4 Å². The van der Waals surface area contributed by atoms with Crippen LogP contribution in [0.4, 0.5) is 0 Å². The second-order valence-electron chi connectivity index (χ2n) is 4.23. The molecule has 4 rings (SSSR count). The summed E-state index contributed by atoms with van der Waals surface area (Å²) in [4.78, 5) is 5.84. The second kappa shape index (κ2) is 3.80. The minimum atomic E-state index is 0.318. The van der Waals surface area contributed by atoms with Crippen molar-refractivity contribution in [1.29, 1.82) is 0 Å². The summed E-state index contributed by atoms with van der Waals surface area (Å²) in [5.41, 5.74) is 1.32. The molecule has 3 aliphatic rings. The molecule has 78 valence electrons. The van der Waals surface area contributed by atoms with E-state index in [1.165, 1.54) is 18.4 Å². The molecule has 1 saturated heterocycles. The summed E-state index contributed by atoms with van der Waals surface area (Å²) >= 11 is 0. The number of rotatable bonds is 2. The van der Waals surface area contributed by atoms with Crippen molar-refractivity contribution < 1.29 is 4.84 Å². The zero-order chi connectivity index (χ0) is 10.1. The lowest BCUT2D eigenvalue weighted by molar-refractivity contribution is -0.240. The smallest absolute Gasteiger partial charge is 0.0975 e. The summed E-state index contributed by atoms with van der Waals surface area (Å²) in [5.74, 6) is 0. The lowest BCUT2D eigenvalue weighted by atomic mass is 9.98. The van der Waals surface area contributed by atoms with E-state index in [0.29, 0.717) is 12.1 Å². The molecule has 1 aliphatic carbocycles. The zero-order valence-electron chi connectivity index (χ0n) is 8.67.